The van der Waals surface area contributed by atoms with Crippen LogP contribution >= 0.6 is 23.2 Å². The van der Waals surface area contributed by atoms with Crippen molar-refractivity contribution in [1.29, 1.82) is 0 Å². The first-order valence-electron chi connectivity index (χ1n) is 11.4. The van der Waals surface area contributed by atoms with E-state index in [4.69, 9.17) is 32.9 Å². The first kappa shape index (κ1) is 24.7. The Morgan fingerprint density at radius 1 is 0.714 bits per heavy atom. The van der Waals surface area contributed by atoms with Crippen molar-refractivity contribution in [2.45, 2.75) is 18.9 Å². The molecule has 0 saturated heterocycles. The van der Waals surface area contributed by atoms with E-state index in [1.54, 1.807) is 6.92 Å². The van der Waals surface area contributed by atoms with Gasteiger partial charge in [-0.1, -0.05) is 108 Å². The Balaban J connectivity index is 2.05. The topological polar surface area (TPSA) is 38.7 Å². The Hall–Kier alpha value is -3.40. The molecule has 0 spiro atoms. The molecule has 176 valence electrons. The quantitative estimate of drug-likeness (QED) is 0.183. The van der Waals surface area contributed by atoms with E-state index < -0.39 is 5.54 Å². The second-order valence-electron chi connectivity index (χ2n) is 8.05. The predicted octanol–water partition coefficient (Wildman–Crippen LogP) is 7.73. The molecule has 0 aromatic heterocycles. The van der Waals surface area contributed by atoms with Crippen molar-refractivity contribution in [2.75, 3.05) is 6.61 Å². The molecular weight excluding hydrogens is 477 g/mol. The zero-order chi connectivity index (χ0) is 24.7. The molecule has 0 amide bonds. The van der Waals surface area contributed by atoms with Crippen LogP contribution in [0.25, 0.3) is 0 Å². The largest absolute Gasteiger partial charge is 0.466 e. The molecular formula is C30H25Cl2NO2. The first-order chi connectivity index (χ1) is 17.0. The highest BCUT2D eigenvalue weighted by molar-refractivity contribution is 6.30. The highest BCUT2D eigenvalue weighted by Gasteiger charge is 2.38. The molecule has 35 heavy (non-hydrogen) atoms. The average molecular weight is 502 g/mol. The number of nitrogens with zero attached hydrogens (tertiary/aromatic N) is 1. The molecule has 5 heteroatoms. The van der Waals surface area contributed by atoms with Crippen LogP contribution in [0.3, 0.4) is 0 Å². The second kappa shape index (κ2) is 11.4. The Labute approximate surface area is 216 Å². The van der Waals surface area contributed by atoms with Crippen LogP contribution in [0.1, 0.15) is 35.6 Å². The van der Waals surface area contributed by atoms with Crippen LogP contribution in [0.15, 0.2) is 114 Å². The van der Waals surface area contributed by atoms with Gasteiger partial charge in [-0.15, -0.1) is 0 Å². The van der Waals surface area contributed by atoms with Crippen molar-refractivity contribution >= 4 is 34.9 Å². The first-order valence-corrected chi connectivity index (χ1v) is 12.2. The number of aliphatic imine (C=N–C) groups is 1. The van der Waals surface area contributed by atoms with Crippen molar-refractivity contribution in [3.05, 3.63) is 141 Å². The molecule has 0 fully saturated rings. The normalized spacial score (nSPS) is 11.1. The smallest absolute Gasteiger partial charge is 0.308 e. The molecule has 0 aliphatic rings. The number of ether oxygens (including phenoxy) is 1. The maximum Gasteiger partial charge on any atom is 0.308 e. The van der Waals surface area contributed by atoms with Gasteiger partial charge in [0.05, 0.1) is 18.7 Å². The number of hydrogen-bond acceptors (Lipinski definition) is 3. The Kier molecular flexibility index (Phi) is 8.02. The molecule has 0 aliphatic heterocycles. The fraction of sp³-hybridized carbons (Fsp3) is 0.133. The van der Waals surface area contributed by atoms with E-state index in [1.165, 1.54) is 0 Å². The van der Waals surface area contributed by atoms with Crippen LogP contribution in [-0.2, 0) is 15.1 Å². The van der Waals surface area contributed by atoms with Crippen LogP contribution in [0.5, 0.6) is 0 Å². The summed E-state index contributed by atoms with van der Waals surface area (Å²) in [5.74, 6) is -0.346. The number of esters is 1. The van der Waals surface area contributed by atoms with E-state index in [0.717, 1.165) is 28.0 Å². The molecule has 0 saturated carbocycles. The van der Waals surface area contributed by atoms with Crippen LogP contribution < -0.4 is 0 Å². The molecule has 0 unspecified atom stereocenters. The van der Waals surface area contributed by atoms with Gasteiger partial charge in [0.15, 0.2) is 0 Å². The molecule has 0 bridgehead atoms. The van der Waals surface area contributed by atoms with Crippen molar-refractivity contribution in [3.8, 4) is 0 Å². The number of carbonyl (C=O) groups is 1. The molecule has 0 aliphatic carbocycles. The summed E-state index contributed by atoms with van der Waals surface area (Å²) in [4.78, 5) is 18.4. The highest BCUT2D eigenvalue weighted by atomic mass is 35.5. The van der Waals surface area contributed by atoms with Gasteiger partial charge in [-0.2, -0.15) is 0 Å². The van der Waals surface area contributed by atoms with Crippen LogP contribution in [0.4, 0.5) is 0 Å². The highest BCUT2D eigenvalue weighted by Crippen LogP contribution is 2.40. The van der Waals surface area contributed by atoms with E-state index in [0.29, 0.717) is 10.0 Å². The number of halogens is 2. The van der Waals surface area contributed by atoms with Gasteiger partial charge in [0.1, 0.15) is 5.54 Å². The molecule has 4 rings (SSSR count). The lowest BCUT2D eigenvalue weighted by molar-refractivity contribution is -0.144. The Morgan fingerprint density at radius 3 is 1.54 bits per heavy atom. The monoisotopic (exact) mass is 501 g/mol. The number of hydrogen-bond donors (Lipinski definition) is 0. The summed E-state index contributed by atoms with van der Waals surface area (Å²) in [5, 5.41) is 1.20. The van der Waals surface area contributed by atoms with Gasteiger partial charge in [0, 0.05) is 21.2 Å². The fourth-order valence-electron chi connectivity index (χ4n) is 4.09. The van der Waals surface area contributed by atoms with Crippen molar-refractivity contribution in [2.24, 2.45) is 4.99 Å². The number of carbonyl (C=O) groups excluding carboxylic acids is 1. The lowest BCUT2D eigenvalue weighted by Crippen LogP contribution is -2.31. The predicted molar refractivity (Wildman–Crippen MR) is 143 cm³/mol. The molecule has 3 nitrogen and oxygen atoms in total. The molecule has 0 N–H and O–H groups in total. The van der Waals surface area contributed by atoms with E-state index in [-0.39, 0.29) is 19.0 Å². The van der Waals surface area contributed by atoms with Gasteiger partial charge in [-0.05, 0) is 42.3 Å². The summed E-state index contributed by atoms with van der Waals surface area (Å²) >= 11 is 12.5. The van der Waals surface area contributed by atoms with Gasteiger partial charge < -0.3 is 4.74 Å². The molecule has 0 heterocycles. The standard InChI is InChI=1S/C30H25Cl2NO2/c1-2-35-28(34)21-30(24-13-17-26(31)18-14-24,25-15-19-27(32)20-16-25)33-29(22-9-5-3-6-10-22)23-11-7-4-8-12-23/h3-20H,2,21H2,1H3. The zero-order valence-corrected chi connectivity index (χ0v) is 20.8. The van der Waals surface area contributed by atoms with E-state index in [9.17, 15) is 4.79 Å². The molecule has 0 radical (unpaired) electrons. The second-order valence-corrected chi connectivity index (χ2v) is 8.92. The lowest BCUT2D eigenvalue weighted by Gasteiger charge is -2.32. The molecule has 4 aromatic rings. The van der Waals surface area contributed by atoms with Crippen LogP contribution in [-0.4, -0.2) is 18.3 Å². The van der Waals surface area contributed by atoms with E-state index in [1.807, 2.05) is 109 Å². The minimum atomic E-state index is -1.08. The van der Waals surface area contributed by atoms with Crippen LogP contribution in [0, 0.1) is 0 Å². The third-order valence-electron chi connectivity index (χ3n) is 5.75. The van der Waals surface area contributed by atoms with Crippen molar-refractivity contribution < 1.29 is 9.53 Å². The van der Waals surface area contributed by atoms with Crippen molar-refractivity contribution in [3.63, 3.8) is 0 Å². The summed E-state index contributed by atoms with van der Waals surface area (Å²) in [6.45, 7) is 2.08. The Bertz CT molecular complexity index is 1200. The van der Waals surface area contributed by atoms with E-state index in [2.05, 4.69) is 0 Å². The zero-order valence-electron chi connectivity index (χ0n) is 19.3. The maximum absolute atomic E-state index is 13.1. The third kappa shape index (κ3) is 5.82. The van der Waals surface area contributed by atoms with Gasteiger partial charge in [-0.25, -0.2) is 0 Å². The minimum Gasteiger partial charge on any atom is -0.466 e. The summed E-state index contributed by atoms with van der Waals surface area (Å²) < 4.78 is 5.42. The SMILES string of the molecule is CCOC(=O)CC(N=C(c1ccccc1)c1ccccc1)(c1ccc(Cl)cc1)c1ccc(Cl)cc1. The van der Waals surface area contributed by atoms with E-state index >= 15 is 0 Å². The number of rotatable bonds is 8. The van der Waals surface area contributed by atoms with Crippen LogP contribution in [0.2, 0.25) is 10.0 Å². The average Bonchev–Trinajstić information content (AvgIpc) is 2.89. The van der Waals surface area contributed by atoms with Gasteiger partial charge in [0.25, 0.3) is 0 Å². The summed E-state index contributed by atoms with van der Waals surface area (Å²) in [6.07, 6.45) is 0.00721. The van der Waals surface area contributed by atoms with Gasteiger partial charge >= 0.3 is 5.97 Å². The Morgan fingerprint density at radius 2 is 1.14 bits per heavy atom. The summed E-state index contributed by atoms with van der Waals surface area (Å²) in [6, 6.07) is 34.8. The third-order valence-corrected chi connectivity index (χ3v) is 6.25. The lowest BCUT2D eigenvalue weighted by atomic mass is 9.80. The van der Waals surface area contributed by atoms with Gasteiger partial charge in [0.2, 0.25) is 0 Å². The van der Waals surface area contributed by atoms with Crippen molar-refractivity contribution in [1.82, 2.24) is 0 Å². The summed E-state index contributed by atoms with van der Waals surface area (Å²) in [7, 11) is 0. The number of benzene rings is 4. The molecule has 0 atom stereocenters. The molecule has 4 aromatic carbocycles. The van der Waals surface area contributed by atoms with Gasteiger partial charge in [-0.3, -0.25) is 9.79 Å². The maximum atomic E-state index is 13.1. The fourth-order valence-corrected chi connectivity index (χ4v) is 4.34. The minimum absolute atomic E-state index is 0.00721. The summed E-state index contributed by atoms with van der Waals surface area (Å²) in [5.41, 5.74) is 3.20.